The van der Waals surface area contributed by atoms with E-state index in [2.05, 4.69) is 15.0 Å². The molecule has 3 aromatic rings. The minimum atomic E-state index is -2.94. The van der Waals surface area contributed by atoms with Crippen molar-refractivity contribution in [3.8, 4) is 17.2 Å². The van der Waals surface area contributed by atoms with Crippen LogP contribution in [0.4, 0.5) is 8.78 Å². The summed E-state index contributed by atoms with van der Waals surface area (Å²) < 4.78 is 40.0. The van der Waals surface area contributed by atoms with E-state index in [-0.39, 0.29) is 17.4 Å². The maximum absolute atomic E-state index is 12.5. The van der Waals surface area contributed by atoms with Crippen molar-refractivity contribution in [3.05, 3.63) is 53.7 Å². The molecule has 0 spiro atoms. The van der Waals surface area contributed by atoms with E-state index in [9.17, 15) is 13.6 Å². The van der Waals surface area contributed by atoms with Crippen LogP contribution in [0.25, 0.3) is 10.9 Å². The lowest BCUT2D eigenvalue weighted by atomic mass is 10.1. The molecule has 2 aromatic carbocycles. The van der Waals surface area contributed by atoms with Gasteiger partial charge in [-0.05, 0) is 49.2 Å². The molecular weight excluding hydrogens is 382 g/mol. The molecule has 1 aromatic heterocycles. The fourth-order valence-electron chi connectivity index (χ4n) is 2.97. The summed E-state index contributed by atoms with van der Waals surface area (Å²) in [5.41, 5.74) is 1.98. The zero-order valence-electron chi connectivity index (χ0n) is 16.1. The number of alkyl halides is 2. The Balaban J connectivity index is 1.61. The van der Waals surface area contributed by atoms with Crippen LogP contribution in [0, 0.1) is 0 Å². The maximum atomic E-state index is 12.5. The molecule has 0 aliphatic heterocycles. The Labute approximate surface area is 166 Å². The van der Waals surface area contributed by atoms with Crippen molar-refractivity contribution < 1.29 is 27.8 Å². The molecule has 154 valence electrons. The third-order valence-corrected chi connectivity index (χ3v) is 4.29. The number of ether oxygens (including phenoxy) is 3. The van der Waals surface area contributed by atoms with Gasteiger partial charge in [-0.25, -0.2) is 0 Å². The Kier molecular flexibility index (Phi) is 6.54. The Hall–Kier alpha value is -3.29. The number of fused-ring (bicyclic) bond motifs is 1. The summed E-state index contributed by atoms with van der Waals surface area (Å²) in [5, 5.41) is 3.72. The predicted octanol–water partition coefficient (Wildman–Crippen LogP) is 4.15. The molecule has 8 heteroatoms. The molecule has 0 saturated heterocycles. The lowest BCUT2D eigenvalue weighted by Gasteiger charge is -2.11. The Bertz CT molecular complexity index is 988. The molecular formula is C21H22F2N2O4. The highest BCUT2D eigenvalue weighted by molar-refractivity contribution is 5.98. The highest BCUT2D eigenvalue weighted by Gasteiger charge is 2.13. The van der Waals surface area contributed by atoms with Gasteiger partial charge >= 0.3 is 6.61 Å². The SMILES string of the molecule is CCOc1ccc2cc(C(=O)NCCc3ccc(OC)c(OC(F)F)c3)[nH]c2c1. The van der Waals surface area contributed by atoms with E-state index in [0.717, 1.165) is 22.2 Å². The maximum Gasteiger partial charge on any atom is 0.387 e. The van der Waals surface area contributed by atoms with Crippen molar-refractivity contribution in [2.75, 3.05) is 20.3 Å². The van der Waals surface area contributed by atoms with Crippen LogP contribution in [-0.4, -0.2) is 37.8 Å². The van der Waals surface area contributed by atoms with Gasteiger partial charge in [0.25, 0.3) is 5.91 Å². The van der Waals surface area contributed by atoms with Gasteiger partial charge in [0, 0.05) is 23.5 Å². The topological polar surface area (TPSA) is 72.6 Å². The number of H-pyrrole nitrogens is 1. The molecule has 0 atom stereocenters. The first-order valence-corrected chi connectivity index (χ1v) is 9.15. The second-order valence-corrected chi connectivity index (χ2v) is 6.23. The first-order chi connectivity index (χ1) is 14.0. The zero-order chi connectivity index (χ0) is 20.8. The molecule has 0 radical (unpaired) electrons. The van der Waals surface area contributed by atoms with Gasteiger partial charge in [0.1, 0.15) is 11.4 Å². The number of benzene rings is 2. The number of rotatable bonds is 9. The van der Waals surface area contributed by atoms with E-state index in [1.54, 1.807) is 18.2 Å². The molecule has 0 aliphatic rings. The van der Waals surface area contributed by atoms with Crippen LogP contribution in [0.1, 0.15) is 23.0 Å². The average molecular weight is 404 g/mol. The van der Waals surface area contributed by atoms with Crippen molar-refractivity contribution in [1.82, 2.24) is 10.3 Å². The lowest BCUT2D eigenvalue weighted by molar-refractivity contribution is -0.0512. The van der Waals surface area contributed by atoms with Crippen LogP contribution in [-0.2, 0) is 6.42 Å². The predicted molar refractivity (Wildman–Crippen MR) is 105 cm³/mol. The number of hydrogen-bond acceptors (Lipinski definition) is 4. The van der Waals surface area contributed by atoms with Crippen LogP contribution in [0.2, 0.25) is 0 Å². The smallest absolute Gasteiger partial charge is 0.387 e. The van der Waals surface area contributed by atoms with E-state index in [0.29, 0.717) is 25.3 Å². The van der Waals surface area contributed by atoms with E-state index in [1.807, 2.05) is 25.1 Å². The number of amides is 1. The number of aromatic amines is 1. The summed E-state index contributed by atoms with van der Waals surface area (Å²) in [6, 6.07) is 12.1. The first-order valence-electron chi connectivity index (χ1n) is 9.15. The van der Waals surface area contributed by atoms with Crippen LogP contribution < -0.4 is 19.5 Å². The molecule has 1 heterocycles. The molecule has 1 amide bonds. The highest BCUT2D eigenvalue weighted by atomic mass is 19.3. The van der Waals surface area contributed by atoms with E-state index in [4.69, 9.17) is 9.47 Å². The van der Waals surface area contributed by atoms with E-state index >= 15 is 0 Å². The highest BCUT2D eigenvalue weighted by Crippen LogP contribution is 2.29. The number of carbonyl (C=O) groups excluding carboxylic acids is 1. The summed E-state index contributed by atoms with van der Waals surface area (Å²) >= 11 is 0. The van der Waals surface area contributed by atoms with Crippen molar-refractivity contribution in [2.45, 2.75) is 20.0 Å². The van der Waals surface area contributed by atoms with Gasteiger partial charge in [-0.3, -0.25) is 4.79 Å². The Morgan fingerprint density at radius 2 is 1.97 bits per heavy atom. The van der Waals surface area contributed by atoms with Gasteiger partial charge in [0.05, 0.1) is 13.7 Å². The van der Waals surface area contributed by atoms with Crippen molar-refractivity contribution in [2.24, 2.45) is 0 Å². The lowest BCUT2D eigenvalue weighted by Crippen LogP contribution is -2.25. The first kappa shape index (κ1) is 20.4. The molecule has 0 bridgehead atoms. The van der Waals surface area contributed by atoms with E-state index in [1.165, 1.54) is 13.2 Å². The third kappa shape index (κ3) is 5.16. The van der Waals surface area contributed by atoms with Crippen LogP contribution >= 0.6 is 0 Å². The summed E-state index contributed by atoms with van der Waals surface area (Å²) in [5.74, 6) is 0.668. The quantitative estimate of drug-likeness (QED) is 0.562. The number of methoxy groups -OCH3 is 1. The van der Waals surface area contributed by atoms with Crippen LogP contribution in [0.5, 0.6) is 17.2 Å². The molecule has 0 fully saturated rings. The summed E-state index contributed by atoms with van der Waals surface area (Å²) in [4.78, 5) is 15.5. The number of aromatic nitrogens is 1. The second-order valence-electron chi connectivity index (χ2n) is 6.23. The summed E-state index contributed by atoms with van der Waals surface area (Å²) in [6.07, 6.45) is 0.448. The molecule has 6 nitrogen and oxygen atoms in total. The van der Waals surface area contributed by atoms with Gasteiger partial charge in [0.15, 0.2) is 11.5 Å². The Morgan fingerprint density at radius 3 is 2.69 bits per heavy atom. The molecule has 2 N–H and O–H groups in total. The molecule has 29 heavy (non-hydrogen) atoms. The second kappa shape index (κ2) is 9.27. The van der Waals surface area contributed by atoms with Gasteiger partial charge in [0.2, 0.25) is 0 Å². The number of hydrogen-bond donors (Lipinski definition) is 2. The third-order valence-electron chi connectivity index (χ3n) is 4.29. The van der Waals surface area contributed by atoms with Gasteiger partial charge < -0.3 is 24.5 Å². The average Bonchev–Trinajstić information content (AvgIpc) is 3.11. The van der Waals surface area contributed by atoms with E-state index < -0.39 is 6.61 Å². The van der Waals surface area contributed by atoms with Crippen LogP contribution in [0.3, 0.4) is 0 Å². The number of carbonyl (C=O) groups is 1. The largest absolute Gasteiger partial charge is 0.494 e. The molecule has 3 rings (SSSR count). The number of nitrogens with one attached hydrogen (secondary N) is 2. The molecule has 0 unspecified atom stereocenters. The van der Waals surface area contributed by atoms with Gasteiger partial charge in [-0.2, -0.15) is 8.78 Å². The monoisotopic (exact) mass is 404 g/mol. The van der Waals surface area contributed by atoms with Crippen LogP contribution in [0.15, 0.2) is 42.5 Å². The minimum absolute atomic E-state index is 0.0351. The number of halogens is 2. The van der Waals surface area contributed by atoms with Gasteiger partial charge in [-0.15, -0.1) is 0 Å². The molecule has 0 aliphatic carbocycles. The van der Waals surface area contributed by atoms with Crippen molar-refractivity contribution in [1.29, 1.82) is 0 Å². The fourth-order valence-corrected chi connectivity index (χ4v) is 2.97. The zero-order valence-corrected chi connectivity index (χ0v) is 16.1. The summed E-state index contributed by atoms with van der Waals surface area (Å²) in [6.45, 7) is -0.138. The standard InChI is InChI=1S/C21H22F2N2O4/c1-3-28-15-6-5-14-11-17(25-16(14)12-15)20(26)24-9-8-13-4-7-18(27-2)19(10-13)29-21(22)23/h4-7,10-12,21,25H,3,8-9H2,1-2H3,(H,24,26). The summed E-state index contributed by atoms with van der Waals surface area (Å²) in [7, 11) is 1.38. The normalized spacial score (nSPS) is 10.9. The Morgan fingerprint density at radius 1 is 1.14 bits per heavy atom. The van der Waals surface area contributed by atoms with Crippen molar-refractivity contribution >= 4 is 16.8 Å². The fraction of sp³-hybridized carbons (Fsp3) is 0.286. The molecule has 0 saturated carbocycles. The van der Waals surface area contributed by atoms with Gasteiger partial charge in [-0.1, -0.05) is 6.07 Å². The van der Waals surface area contributed by atoms with Crippen molar-refractivity contribution in [3.63, 3.8) is 0 Å². The minimum Gasteiger partial charge on any atom is -0.494 e.